The molecule has 0 unspecified atom stereocenters. The molecule has 0 radical (unpaired) electrons. The van der Waals surface area contributed by atoms with Gasteiger partial charge in [-0.15, -0.1) is 0 Å². The van der Waals surface area contributed by atoms with E-state index in [1.807, 2.05) is 6.92 Å². The van der Waals surface area contributed by atoms with Crippen molar-refractivity contribution in [3.05, 3.63) is 35.4 Å². The van der Waals surface area contributed by atoms with Gasteiger partial charge >= 0.3 is 0 Å². The summed E-state index contributed by atoms with van der Waals surface area (Å²) in [6.07, 6.45) is 1.55. The van der Waals surface area contributed by atoms with Crippen LogP contribution in [0.5, 0.6) is 0 Å². The predicted octanol–water partition coefficient (Wildman–Crippen LogP) is 2.42. The Morgan fingerprint density at radius 3 is 2.81 bits per heavy atom. The van der Waals surface area contributed by atoms with E-state index in [4.69, 9.17) is 0 Å². The zero-order valence-corrected chi connectivity index (χ0v) is 9.22. The third-order valence-electron chi connectivity index (χ3n) is 2.20. The average Bonchev–Trinajstić information content (AvgIpc) is 2.23. The first-order valence-electron chi connectivity index (χ1n) is 5.34. The monoisotopic (exact) mass is 227 g/mol. The van der Waals surface area contributed by atoms with Gasteiger partial charge in [0.1, 0.15) is 11.6 Å². The van der Waals surface area contributed by atoms with E-state index in [0.717, 1.165) is 24.6 Å². The van der Waals surface area contributed by atoms with Crippen LogP contribution in [-0.2, 0) is 11.2 Å². The first kappa shape index (κ1) is 12.6. The van der Waals surface area contributed by atoms with Crippen LogP contribution in [0.2, 0.25) is 0 Å². The molecule has 0 aliphatic carbocycles. The number of hydrogen-bond acceptors (Lipinski definition) is 1. The SMILES string of the molecule is CCCC(=O)NCCc1cc(F)ccc1F. The van der Waals surface area contributed by atoms with Gasteiger partial charge in [0.2, 0.25) is 5.91 Å². The number of hydrogen-bond donors (Lipinski definition) is 1. The smallest absolute Gasteiger partial charge is 0.219 e. The van der Waals surface area contributed by atoms with Gasteiger partial charge in [-0.05, 0) is 36.6 Å². The van der Waals surface area contributed by atoms with Crippen LogP contribution in [0.4, 0.5) is 8.78 Å². The summed E-state index contributed by atoms with van der Waals surface area (Å²) in [4.78, 5) is 11.1. The topological polar surface area (TPSA) is 29.1 Å². The Morgan fingerprint density at radius 2 is 2.12 bits per heavy atom. The van der Waals surface area contributed by atoms with E-state index < -0.39 is 11.6 Å². The van der Waals surface area contributed by atoms with Crippen LogP contribution in [0.25, 0.3) is 0 Å². The largest absolute Gasteiger partial charge is 0.356 e. The fraction of sp³-hybridized carbons (Fsp3) is 0.417. The molecule has 2 nitrogen and oxygen atoms in total. The minimum atomic E-state index is -0.462. The van der Waals surface area contributed by atoms with E-state index in [1.165, 1.54) is 0 Å². The second kappa shape index (κ2) is 6.20. The number of rotatable bonds is 5. The molecule has 1 aromatic carbocycles. The highest BCUT2D eigenvalue weighted by Gasteiger charge is 2.04. The molecule has 0 heterocycles. The lowest BCUT2D eigenvalue weighted by molar-refractivity contribution is -0.121. The van der Waals surface area contributed by atoms with E-state index in [0.29, 0.717) is 19.4 Å². The fourth-order valence-electron chi connectivity index (χ4n) is 1.39. The third kappa shape index (κ3) is 3.96. The zero-order valence-electron chi connectivity index (χ0n) is 9.22. The van der Waals surface area contributed by atoms with E-state index in [2.05, 4.69) is 5.32 Å². The molecule has 0 saturated carbocycles. The van der Waals surface area contributed by atoms with Crippen molar-refractivity contribution in [2.75, 3.05) is 6.54 Å². The van der Waals surface area contributed by atoms with Gasteiger partial charge in [-0.3, -0.25) is 4.79 Å². The van der Waals surface area contributed by atoms with Crippen LogP contribution in [0.15, 0.2) is 18.2 Å². The van der Waals surface area contributed by atoms with Gasteiger partial charge in [0.05, 0.1) is 0 Å². The van der Waals surface area contributed by atoms with E-state index in [1.54, 1.807) is 0 Å². The van der Waals surface area contributed by atoms with Crippen molar-refractivity contribution >= 4 is 5.91 Å². The summed E-state index contributed by atoms with van der Waals surface area (Å²) in [5.41, 5.74) is 0.289. The summed E-state index contributed by atoms with van der Waals surface area (Å²) in [6.45, 7) is 2.24. The van der Waals surface area contributed by atoms with Crippen LogP contribution in [0.3, 0.4) is 0 Å². The number of halogens is 2. The lowest BCUT2D eigenvalue weighted by Crippen LogP contribution is -2.25. The Hall–Kier alpha value is -1.45. The van der Waals surface area contributed by atoms with Gasteiger partial charge in [-0.2, -0.15) is 0 Å². The van der Waals surface area contributed by atoms with Crippen molar-refractivity contribution in [3.8, 4) is 0 Å². The maximum atomic E-state index is 13.2. The number of carbonyl (C=O) groups excluding carboxylic acids is 1. The first-order chi connectivity index (χ1) is 7.63. The number of nitrogens with one attached hydrogen (secondary N) is 1. The number of carbonyl (C=O) groups is 1. The third-order valence-corrected chi connectivity index (χ3v) is 2.20. The average molecular weight is 227 g/mol. The Labute approximate surface area is 93.7 Å². The molecule has 1 N–H and O–H groups in total. The summed E-state index contributed by atoms with van der Waals surface area (Å²) in [6, 6.07) is 3.33. The van der Waals surface area contributed by atoms with Crippen molar-refractivity contribution in [3.63, 3.8) is 0 Å². The Bertz CT molecular complexity index is 366. The first-order valence-corrected chi connectivity index (χ1v) is 5.34. The molecule has 0 aromatic heterocycles. The molecule has 88 valence electrons. The minimum absolute atomic E-state index is 0.0562. The molecule has 0 saturated heterocycles. The minimum Gasteiger partial charge on any atom is -0.356 e. The predicted molar refractivity (Wildman–Crippen MR) is 58.0 cm³/mol. The van der Waals surface area contributed by atoms with Crippen LogP contribution < -0.4 is 5.32 Å². The molecule has 0 atom stereocenters. The molecule has 1 amide bonds. The van der Waals surface area contributed by atoms with Crippen molar-refractivity contribution in [1.29, 1.82) is 0 Å². The second-order valence-electron chi connectivity index (χ2n) is 3.59. The highest BCUT2D eigenvalue weighted by molar-refractivity contribution is 5.75. The molecule has 1 rings (SSSR count). The van der Waals surface area contributed by atoms with Crippen molar-refractivity contribution in [2.45, 2.75) is 26.2 Å². The lowest BCUT2D eigenvalue weighted by atomic mass is 10.1. The highest BCUT2D eigenvalue weighted by atomic mass is 19.1. The van der Waals surface area contributed by atoms with Crippen LogP contribution in [-0.4, -0.2) is 12.5 Å². The Morgan fingerprint density at radius 1 is 1.38 bits per heavy atom. The summed E-state index contributed by atoms with van der Waals surface area (Å²) in [5, 5.41) is 2.65. The fourth-order valence-corrected chi connectivity index (χ4v) is 1.39. The van der Waals surface area contributed by atoms with Gasteiger partial charge in [0.15, 0.2) is 0 Å². The summed E-state index contributed by atoms with van der Waals surface area (Å²) in [5.74, 6) is -0.957. The van der Waals surface area contributed by atoms with Crippen LogP contribution in [0.1, 0.15) is 25.3 Å². The summed E-state index contributed by atoms with van der Waals surface area (Å²) in [7, 11) is 0. The zero-order chi connectivity index (χ0) is 12.0. The summed E-state index contributed by atoms with van der Waals surface area (Å²) < 4.78 is 26.0. The van der Waals surface area contributed by atoms with Gasteiger partial charge in [-0.1, -0.05) is 6.92 Å². The van der Waals surface area contributed by atoms with Crippen molar-refractivity contribution in [2.24, 2.45) is 0 Å². The van der Waals surface area contributed by atoms with Crippen LogP contribution in [0, 0.1) is 11.6 Å². The van der Waals surface area contributed by atoms with Gasteiger partial charge in [0.25, 0.3) is 0 Å². The lowest BCUT2D eigenvalue weighted by Gasteiger charge is -2.05. The number of amides is 1. The van der Waals surface area contributed by atoms with Crippen molar-refractivity contribution in [1.82, 2.24) is 5.32 Å². The van der Waals surface area contributed by atoms with E-state index in [9.17, 15) is 13.6 Å². The van der Waals surface area contributed by atoms with Crippen molar-refractivity contribution < 1.29 is 13.6 Å². The molecule has 0 bridgehead atoms. The molecular weight excluding hydrogens is 212 g/mol. The number of benzene rings is 1. The molecule has 0 spiro atoms. The Kier molecular flexibility index (Phi) is 4.89. The second-order valence-corrected chi connectivity index (χ2v) is 3.59. The highest BCUT2D eigenvalue weighted by Crippen LogP contribution is 2.09. The Balaban J connectivity index is 2.42. The molecule has 0 aliphatic heterocycles. The molecule has 0 aliphatic rings. The molecule has 0 fully saturated rings. The normalized spacial score (nSPS) is 10.2. The maximum absolute atomic E-state index is 13.2. The van der Waals surface area contributed by atoms with E-state index >= 15 is 0 Å². The van der Waals surface area contributed by atoms with E-state index in [-0.39, 0.29) is 11.5 Å². The molecule has 1 aromatic rings. The van der Waals surface area contributed by atoms with Gasteiger partial charge < -0.3 is 5.32 Å². The molecule has 16 heavy (non-hydrogen) atoms. The van der Waals surface area contributed by atoms with Crippen LogP contribution >= 0.6 is 0 Å². The quantitative estimate of drug-likeness (QED) is 0.822. The standard InChI is InChI=1S/C12H15F2NO/c1-2-3-12(16)15-7-6-9-8-10(13)4-5-11(9)14/h4-5,8H,2-3,6-7H2,1H3,(H,15,16). The molecule has 4 heteroatoms. The molecular formula is C12H15F2NO. The van der Waals surface area contributed by atoms with Gasteiger partial charge in [0, 0.05) is 13.0 Å². The van der Waals surface area contributed by atoms with Gasteiger partial charge in [-0.25, -0.2) is 8.78 Å². The maximum Gasteiger partial charge on any atom is 0.219 e. The summed E-state index contributed by atoms with van der Waals surface area (Å²) >= 11 is 0.